The lowest BCUT2D eigenvalue weighted by atomic mass is 9.97. The van der Waals surface area contributed by atoms with Gasteiger partial charge in [0, 0.05) is 19.5 Å². The van der Waals surface area contributed by atoms with Crippen molar-refractivity contribution in [1.82, 2.24) is 19.7 Å². The first-order valence-electron chi connectivity index (χ1n) is 9.20. The zero-order valence-electron chi connectivity index (χ0n) is 15.3. The molecule has 1 aromatic carbocycles. The minimum atomic E-state index is -0.279. The van der Waals surface area contributed by atoms with Crippen molar-refractivity contribution in [1.29, 1.82) is 0 Å². The van der Waals surface area contributed by atoms with Gasteiger partial charge in [0.25, 0.3) is 0 Å². The fourth-order valence-electron chi connectivity index (χ4n) is 3.77. The average Bonchev–Trinajstić information content (AvgIpc) is 3.29. The van der Waals surface area contributed by atoms with Crippen molar-refractivity contribution in [3.63, 3.8) is 0 Å². The van der Waals surface area contributed by atoms with Crippen LogP contribution in [-0.4, -0.2) is 37.9 Å². The van der Waals surface area contributed by atoms with Crippen molar-refractivity contribution in [3.8, 4) is 11.3 Å². The van der Waals surface area contributed by atoms with E-state index in [4.69, 9.17) is 4.42 Å². The Bertz CT molecular complexity index is 920. The maximum absolute atomic E-state index is 13.9. The second-order valence-electron chi connectivity index (χ2n) is 7.01. The molecule has 1 aliphatic rings. The highest BCUT2D eigenvalue weighted by atomic mass is 19.1. The molecule has 0 bridgehead atoms. The largest absolute Gasteiger partial charge is 0.460 e. The van der Waals surface area contributed by atoms with E-state index in [0.717, 1.165) is 37.5 Å². The molecule has 3 heterocycles. The third kappa shape index (κ3) is 3.65. The van der Waals surface area contributed by atoms with Gasteiger partial charge < -0.3 is 14.1 Å². The number of aromatic nitrogens is 3. The summed E-state index contributed by atoms with van der Waals surface area (Å²) in [5.41, 5.74) is 0.482. The van der Waals surface area contributed by atoms with Crippen molar-refractivity contribution in [2.75, 3.05) is 13.1 Å². The van der Waals surface area contributed by atoms with Crippen LogP contribution in [0.3, 0.4) is 0 Å². The van der Waals surface area contributed by atoms with E-state index in [-0.39, 0.29) is 18.3 Å². The number of aliphatic hydroxyl groups is 1. The van der Waals surface area contributed by atoms with Crippen LogP contribution in [0.4, 0.5) is 4.39 Å². The molecule has 0 saturated carbocycles. The molecule has 1 saturated heterocycles. The van der Waals surface area contributed by atoms with Gasteiger partial charge in [0.2, 0.25) is 0 Å². The number of aliphatic hydroxyl groups excluding tert-OH is 1. The number of rotatable bonds is 5. The van der Waals surface area contributed by atoms with Crippen molar-refractivity contribution < 1.29 is 13.9 Å². The van der Waals surface area contributed by atoms with E-state index in [1.165, 1.54) is 6.07 Å². The first kappa shape index (κ1) is 17.9. The molecule has 0 spiro atoms. The topological polar surface area (TPSA) is 67.3 Å². The van der Waals surface area contributed by atoms with Gasteiger partial charge in [-0.2, -0.15) is 0 Å². The number of nitrogens with zero attached hydrogens (tertiary/aromatic N) is 4. The second kappa shape index (κ2) is 7.62. The van der Waals surface area contributed by atoms with Crippen LogP contribution in [0.1, 0.15) is 36.2 Å². The number of furan rings is 1. The summed E-state index contributed by atoms with van der Waals surface area (Å²) in [5.74, 6) is 2.87. The van der Waals surface area contributed by atoms with Crippen LogP contribution in [0.15, 0.2) is 40.8 Å². The van der Waals surface area contributed by atoms with Gasteiger partial charge in [0.05, 0.1) is 12.1 Å². The maximum Gasteiger partial charge on any atom is 0.158 e. The Labute approximate surface area is 157 Å². The summed E-state index contributed by atoms with van der Waals surface area (Å²) >= 11 is 0. The average molecular weight is 370 g/mol. The molecule has 0 aliphatic carbocycles. The molecule has 27 heavy (non-hydrogen) atoms. The summed E-state index contributed by atoms with van der Waals surface area (Å²) in [6.07, 6.45) is 2.11. The molecule has 1 N–H and O–H groups in total. The van der Waals surface area contributed by atoms with E-state index >= 15 is 0 Å². The Kier molecular flexibility index (Phi) is 5.05. The molecule has 4 rings (SSSR count). The van der Waals surface area contributed by atoms with Gasteiger partial charge in [-0.1, -0.05) is 12.1 Å². The van der Waals surface area contributed by atoms with Gasteiger partial charge in [-0.25, -0.2) is 4.39 Å². The summed E-state index contributed by atoms with van der Waals surface area (Å²) < 4.78 is 21.7. The Morgan fingerprint density at radius 1 is 1.22 bits per heavy atom. The molecule has 6 nitrogen and oxygen atoms in total. The molecule has 3 aromatic rings. The Morgan fingerprint density at radius 3 is 2.85 bits per heavy atom. The van der Waals surface area contributed by atoms with Gasteiger partial charge in [-0.05, 0) is 43.7 Å². The predicted molar refractivity (Wildman–Crippen MR) is 98.3 cm³/mol. The van der Waals surface area contributed by atoms with Crippen LogP contribution < -0.4 is 0 Å². The summed E-state index contributed by atoms with van der Waals surface area (Å²) in [4.78, 5) is 2.32. The van der Waals surface area contributed by atoms with Gasteiger partial charge in [0.1, 0.15) is 29.8 Å². The van der Waals surface area contributed by atoms with E-state index in [9.17, 15) is 9.50 Å². The summed E-state index contributed by atoms with van der Waals surface area (Å²) in [6.45, 7) is 2.41. The first-order chi connectivity index (χ1) is 13.2. The molecule has 1 unspecified atom stereocenters. The smallest absolute Gasteiger partial charge is 0.158 e. The third-order valence-corrected chi connectivity index (χ3v) is 5.19. The van der Waals surface area contributed by atoms with Crippen LogP contribution >= 0.6 is 0 Å². The fraction of sp³-hybridized carbons (Fsp3) is 0.400. The van der Waals surface area contributed by atoms with E-state index in [0.29, 0.717) is 23.7 Å². The zero-order valence-corrected chi connectivity index (χ0v) is 15.3. The van der Waals surface area contributed by atoms with Crippen molar-refractivity contribution in [3.05, 3.63) is 59.6 Å². The maximum atomic E-state index is 13.9. The summed E-state index contributed by atoms with van der Waals surface area (Å²) in [5, 5.41) is 17.6. The van der Waals surface area contributed by atoms with Crippen molar-refractivity contribution >= 4 is 0 Å². The lowest BCUT2D eigenvalue weighted by molar-refractivity contribution is 0.182. The second-order valence-corrected chi connectivity index (χ2v) is 7.01. The van der Waals surface area contributed by atoms with Crippen LogP contribution in [-0.2, 0) is 20.2 Å². The molecular formula is C20H23FN4O2. The number of piperidine rings is 1. The van der Waals surface area contributed by atoms with Crippen LogP contribution in [0.25, 0.3) is 11.3 Å². The van der Waals surface area contributed by atoms with E-state index in [1.807, 2.05) is 23.7 Å². The number of hydrogen-bond donors (Lipinski definition) is 1. The molecule has 142 valence electrons. The Morgan fingerprint density at radius 2 is 2.07 bits per heavy atom. The summed E-state index contributed by atoms with van der Waals surface area (Å²) in [7, 11) is 1.90. The standard InChI is InChI=1S/C20H23FN4O2/c1-24-19(13-26)22-23-20(24)14-5-4-10-25(11-14)12-15-8-9-18(27-15)16-6-2-3-7-17(16)21/h2-3,6-9,14,26H,4-5,10-13H2,1H3. The molecule has 7 heteroatoms. The molecule has 1 aliphatic heterocycles. The molecule has 1 atom stereocenters. The molecule has 1 fully saturated rings. The molecular weight excluding hydrogens is 347 g/mol. The lowest BCUT2D eigenvalue weighted by Gasteiger charge is -2.31. The van der Waals surface area contributed by atoms with Crippen molar-refractivity contribution in [2.45, 2.75) is 31.9 Å². The molecule has 0 amide bonds. The minimum absolute atomic E-state index is 0.106. The first-order valence-corrected chi connectivity index (χ1v) is 9.20. The van der Waals surface area contributed by atoms with E-state index < -0.39 is 0 Å². The number of halogens is 1. The zero-order chi connectivity index (χ0) is 18.8. The normalized spacial score (nSPS) is 18.1. The SMILES string of the molecule is Cn1c(CO)nnc1C1CCCN(Cc2ccc(-c3ccccc3F)o2)C1. The van der Waals surface area contributed by atoms with Crippen LogP contribution in [0, 0.1) is 5.82 Å². The highest BCUT2D eigenvalue weighted by Gasteiger charge is 2.26. The Hall–Kier alpha value is -2.51. The van der Waals surface area contributed by atoms with E-state index in [2.05, 4.69) is 15.1 Å². The molecule has 0 radical (unpaired) electrons. The summed E-state index contributed by atoms with van der Waals surface area (Å²) in [6, 6.07) is 10.4. The number of benzene rings is 1. The number of likely N-dealkylation sites (tertiary alicyclic amines) is 1. The van der Waals surface area contributed by atoms with Gasteiger partial charge in [-0.15, -0.1) is 10.2 Å². The van der Waals surface area contributed by atoms with Crippen molar-refractivity contribution in [2.24, 2.45) is 7.05 Å². The highest BCUT2D eigenvalue weighted by molar-refractivity contribution is 5.58. The van der Waals surface area contributed by atoms with Gasteiger partial charge >= 0.3 is 0 Å². The fourth-order valence-corrected chi connectivity index (χ4v) is 3.77. The third-order valence-electron chi connectivity index (χ3n) is 5.19. The number of hydrogen-bond acceptors (Lipinski definition) is 5. The quantitative estimate of drug-likeness (QED) is 0.748. The van der Waals surface area contributed by atoms with Crippen LogP contribution in [0.2, 0.25) is 0 Å². The lowest BCUT2D eigenvalue weighted by Crippen LogP contribution is -2.34. The van der Waals surface area contributed by atoms with Gasteiger partial charge in [-0.3, -0.25) is 4.90 Å². The monoisotopic (exact) mass is 370 g/mol. The van der Waals surface area contributed by atoms with E-state index in [1.54, 1.807) is 18.2 Å². The molecule has 2 aromatic heterocycles. The highest BCUT2D eigenvalue weighted by Crippen LogP contribution is 2.29. The minimum Gasteiger partial charge on any atom is -0.460 e. The predicted octanol–water partition coefficient (Wildman–Crippen LogP) is 3.09. The van der Waals surface area contributed by atoms with Crippen LogP contribution in [0.5, 0.6) is 0 Å². The Balaban J connectivity index is 1.45. The van der Waals surface area contributed by atoms with Gasteiger partial charge in [0.15, 0.2) is 5.82 Å².